The molecule has 0 spiro atoms. The van der Waals surface area contributed by atoms with Gasteiger partial charge in [0.15, 0.2) is 11.4 Å². The number of nitrogens with one attached hydrogen (secondary N) is 1. The van der Waals surface area contributed by atoms with E-state index in [0.717, 1.165) is 11.4 Å². The minimum atomic E-state index is 1.14. The number of anilines is 2. The monoisotopic (exact) mass is 337 g/mol. The third-order valence-electron chi connectivity index (χ3n) is 4.35. The number of quaternary nitrogens is 1. The first-order valence-electron chi connectivity index (χ1n) is 8.81. The second kappa shape index (κ2) is 7.68. The van der Waals surface area contributed by atoms with Crippen LogP contribution in [0.3, 0.4) is 0 Å². The maximum Gasteiger partial charge on any atom is 0.161 e. The summed E-state index contributed by atoms with van der Waals surface area (Å²) in [5.41, 5.74) is 4.65. The van der Waals surface area contributed by atoms with E-state index < -0.39 is 0 Å². The Morgan fingerprint density at radius 1 is 0.385 bits per heavy atom. The van der Waals surface area contributed by atoms with Crippen LogP contribution >= 0.6 is 0 Å². The summed E-state index contributed by atoms with van der Waals surface area (Å²) < 4.78 is 0. The van der Waals surface area contributed by atoms with E-state index in [0.29, 0.717) is 0 Å². The number of rotatable bonds is 5. The zero-order chi connectivity index (χ0) is 17.6. The zero-order valence-electron chi connectivity index (χ0n) is 14.5. The fraction of sp³-hybridized carbons (Fsp3) is 0. The zero-order valence-corrected chi connectivity index (χ0v) is 14.5. The molecule has 4 aromatic carbocycles. The second-order valence-corrected chi connectivity index (χ2v) is 6.09. The Morgan fingerprint density at radius 3 is 1.04 bits per heavy atom. The lowest BCUT2D eigenvalue weighted by molar-refractivity contribution is -0.763. The molecule has 0 aromatic heterocycles. The number of benzene rings is 4. The van der Waals surface area contributed by atoms with Crippen LogP contribution in [0.1, 0.15) is 0 Å². The van der Waals surface area contributed by atoms with Gasteiger partial charge in [0, 0.05) is 24.3 Å². The van der Waals surface area contributed by atoms with Gasteiger partial charge in [-0.1, -0.05) is 72.8 Å². The molecule has 26 heavy (non-hydrogen) atoms. The van der Waals surface area contributed by atoms with Crippen molar-refractivity contribution in [3.05, 3.63) is 121 Å². The molecule has 0 amide bonds. The molecule has 0 heterocycles. The summed E-state index contributed by atoms with van der Waals surface area (Å²) in [6, 6.07) is 42.2. The number of hydrogen-bond acceptors (Lipinski definition) is 1. The average Bonchev–Trinajstić information content (AvgIpc) is 2.74. The minimum Gasteiger partial charge on any atom is -0.184 e. The van der Waals surface area contributed by atoms with Gasteiger partial charge >= 0.3 is 0 Å². The maximum atomic E-state index is 2.32. The summed E-state index contributed by atoms with van der Waals surface area (Å²) in [5, 5.41) is 3.49. The van der Waals surface area contributed by atoms with E-state index in [4.69, 9.17) is 0 Å². The molecule has 4 aromatic rings. The van der Waals surface area contributed by atoms with Gasteiger partial charge < -0.3 is 0 Å². The quantitative estimate of drug-likeness (QED) is 0.486. The molecular formula is C24H21N2+. The van der Waals surface area contributed by atoms with E-state index in [2.05, 4.69) is 126 Å². The van der Waals surface area contributed by atoms with E-state index in [1.807, 2.05) is 0 Å². The predicted molar refractivity (Wildman–Crippen MR) is 108 cm³/mol. The molecule has 0 radical (unpaired) electrons. The maximum absolute atomic E-state index is 2.32. The summed E-state index contributed by atoms with van der Waals surface area (Å²) >= 11 is 0. The molecule has 2 nitrogen and oxygen atoms in total. The lowest BCUT2D eigenvalue weighted by atomic mass is 10.2. The van der Waals surface area contributed by atoms with E-state index >= 15 is 0 Å². The Kier molecular flexibility index (Phi) is 4.77. The Morgan fingerprint density at radius 2 is 0.692 bits per heavy atom. The average molecular weight is 337 g/mol. The van der Waals surface area contributed by atoms with Crippen molar-refractivity contribution in [1.82, 2.24) is 0 Å². The molecule has 0 atom stereocenters. The minimum absolute atomic E-state index is 1.14. The van der Waals surface area contributed by atoms with Crippen LogP contribution in [0, 0.1) is 0 Å². The first-order chi connectivity index (χ1) is 12.9. The molecular weight excluding hydrogens is 316 g/mol. The summed E-state index contributed by atoms with van der Waals surface area (Å²) in [5.74, 6) is 0. The van der Waals surface area contributed by atoms with E-state index in [9.17, 15) is 0 Å². The summed E-state index contributed by atoms with van der Waals surface area (Å²) in [6.45, 7) is 0. The smallest absolute Gasteiger partial charge is 0.161 e. The van der Waals surface area contributed by atoms with Crippen LogP contribution in [0.25, 0.3) is 0 Å². The molecule has 0 bridgehead atoms. The van der Waals surface area contributed by atoms with Crippen LogP contribution < -0.4 is 10.0 Å². The molecule has 126 valence electrons. The Balaban J connectivity index is 1.93. The topological polar surface area (TPSA) is 7.68 Å². The van der Waals surface area contributed by atoms with Gasteiger partial charge in [0.25, 0.3) is 0 Å². The molecule has 0 aliphatic rings. The highest BCUT2D eigenvalue weighted by Crippen LogP contribution is 2.24. The summed E-state index contributed by atoms with van der Waals surface area (Å²) in [6.07, 6.45) is 0. The van der Waals surface area contributed by atoms with Crippen LogP contribution in [0.2, 0.25) is 0 Å². The van der Waals surface area contributed by atoms with Gasteiger partial charge in [-0.25, -0.2) is 0 Å². The fourth-order valence-corrected chi connectivity index (χ4v) is 3.18. The second-order valence-electron chi connectivity index (χ2n) is 6.09. The molecule has 2 heteroatoms. The van der Waals surface area contributed by atoms with Crippen LogP contribution in [0.5, 0.6) is 0 Å². The molecule has 4 rings (SSSR count). The lowest BCUT2D eigenvalue weighted by Gasteiger charge is -2.32. The normalized spacial score (nSPS) is 10.7. The first kappa shape index (κ1) is 16.1. The third kappa shape index (κ3) is 3.37. The van der Waals surface area contributed by atoms with E-state index in [1.54, 1.807) is 0 Å². The highest BCUT2D eigenvalue weighted by molar-refractivity contribution is 5.61. The van der Waals surface area contributed by atoms with Crippen molar-refractivity contribution < 1.29 is 5.01 Å². The van der Waals surface area contributed by atoms with Gasteiger partial charge in [-0.15, -0.1) is 0 Å². The number of hydrogen-bond donors (Lipinski definition) is 1. The van der Waals surface area contributed by atoms with Crippen molar-refractivity contribution in [2.45, 2.75) is 0 Å². The van der Waals surface area contributed by atoms with Crippen LogP contribution in [-0.4, -0.2) is 0 Å². The molecule has 0 fully saturated rings. The van der Waals surface area contributed by atoms with Crippen molar-refractivity contribution in [2.75, 3.05) is 5.01 Å². The molecule has 0 saturated carbocycles. The van der Waals surface area contributed by atoms with Gasteiger partial charge in [0.05, 0.1) is 11.4 Å². The highest BCUT2D eigenvalue weighted by Gasteiger charge is 2.26. The van der Waals surface area contributed by atoms with E-state index in [-0.39, 0.29) is 0 Å². The van der Waals surface area contributed by atoms with Gasteiger partial charge in [0.2, 0.25) is 0 Å². The molecule has 1 N–H and O–H groups in total. The molecule has 0 aliphatic carbocycles. The molecule has 0 unspecified atom stereocenters. The van der Waals surface area contributed by atoms with Gasteiger partial charge in [0.1, 0.15) is 0 Å². The van der Waals surface area contributed by atoms with Crippen LogP contribution in [-0.2, 0) is 0 Å². The first-order valence-corrected chi connectivity index (χ1v) is 8.81. The van der Waals surface area contributed by atoms with Gasteiger partial charge in [-0.2, -0.15) is 10.0 Å². The Bertz CT molecular complexity index is 763. The van der Waals surface area contributed by atoms with E-state index in [1.165, 1.54) is 16.4 Å². The number of para-hydroxylation sites is 4. The van der Waals surface area contributed by atoms with Crippen molar-refractivity contribution in [2.24, 2.45) is 0 Å². The van der Waals surface area contributed by atoms with Crippen LogP contribution in [0.15, 0.2) is 121 Å². The fourth-order valence-electron chi connectivity index (χ4n) is 3.18. The Labute approximate surface area is 154 Å². The van der Waals surface area contributed by atoms with Crippen molar-refractivity contribution in [3.63, 3.8) is 0 Å². The van der Waals surface area contributed by atoms with Crippen molar-refractivity contribution in [3.8, 4) is 0 Å². The SMILES string of the molecule is c1ccc(N(c2ccccc2)[NH+](c2ccccc2)c2ccccc2)cc1. The van der Waals surface area contributed by atoms with Crippen LogP contribution in [0.4, 0.5) is 22.7 Å². The third-order valence-corrected chi connectivity index (χ3v) is 4.35. The summed E-state index contributed by atoms with van der Waals surface area (Å²) in [7, 11) is 0. The summed E-state index contributed by atoms with van der Waals surface area (Å²) in [4.78, 5) is 0. The van der Waals surface area contributed by atoms with Gasteiger partial charge in [-0.05, 0) is 24.3 Å². The Hall–Kier alpha value is -3.36. The standard InChI is InChI=1S/C24H20N2/c1-5-13-21(14-6-1)25(22-15-7-2-8-16-22)26(23-17-9-3-10-18-23)24-19-11-4-12-20-24/h1-20H/p+1. The molecule has 0 saturated heterocycles. The predicted octanol–water partition coefficient (Wildman–Crippen LogP) is 5.29. The largest absolute Gasteiger partial charge is 0.184 e. The van der Waals surface area contributed by atoms with Crippen molar-refractivity contribution in [1.29, 1.82) is 0 Å². The number of nitrogens with zero attached hydrogens (tertiary/aromatic N) is 1. The highest BCUT2D eigenvalue weighted by atomic mass is 15.6. The molecule has 0 aliphatic heterocycles. The lowest BCUT2D eigenvalue weighted by Crippen LogP contribution is -3.09. The van der Waals surface area contributed by atoms with Gasteiger partial charge in [-0.3, -0.25) is 0 Å². The van der Waals surface area contributed by atoms with Crippen molar-refractivity contribution >= 4 is 22.7 Å².